The van der Waals surface area contributed by atoms with E-state index in [1.54, 1.807) is 6.92 Å². The molecule has 9 nitrogen and oxygen atoms in total. The van der Waals surface area contributed by atoms with E-state index >= 15 is 0 Å². The van der Waals surface area contributed by atoms with Crippen molar-refractivity contribution in [1.29, 1.82) is 0 Å². The third kappa shape index (κ3) is 2.72. The topological polar surface area (TPSA) is 127 Å². The van der Waals surface area contributed by atoms with Crippen molar-refractivity contribution < 1.29 is 17.8 Å². The number of hydrogen-bond donors (Lipinski definition) is 2. The van der Waals surface area contributed by atoms with Crippen molar-refractivity contribution in [1.82, 2.24) is 4.98 Å². The number of oxazole rings is 1. The van der Waals surface area contributed by atoms with E-state index in [1.165, 1.54) is 13.3 Å². The number of hydrogen-bond acceptors (Lipinski definition) is 8. The van der Waals surface area contributed by atoms with Crippen LogP contribution in [0.25, 0.3) is 0 Å². The molecule has 2 rings (SSSR count). The Morgan fingerprint density at radius 2 is 2.20 bits per heavy atom. The third-order valence-corrected chi connectivity index (χ3v) is 5.15. The van der Waals surface area contributed by atoms with Crippen molar-refractivity contribution >= 4 is 38.1 Å². The van der Waals surface area contributed by atoms with Gasteiger partial charge in [0.05, 0.1) is 10.6 Å². The lowest BCUT2D eigenvalue weighted by molar-refractivity contribution is -0.383. The quantitative estimate of drug-likeness (QED) is 0.635. The number of thiophene rings is 1. The molecule has 2 aromatic heterocycles. The van der Waals surface area contributed by atoms with E-state index < -0.39 is 14.9 Å². The smallest absolute Gasteiger partial charge is 0.309 e. The van der Waals surface area contributed by atoms with Crippen LogP contribution in [-0.2, 0) is 10.0 Å². The Kier molecular flexibility index (Phi) is 3.63. The number of sulfonamides is 1. The molecule has 0 spiro atoms. The lowest BCUT2D eigenvalue weighted by atomic mass is 10.5. The van der Waals surface area contributed by atoms with Crippen molar-refractivity contribution in [3.8, 4) is 0 Å². The zero-order chi connectivity index (χ0) is 14.9. The Hall–Kier alpha value is -2.14. The molecular formula is C9H10N4O5S2. The predicted molar refractivity (Wildman–Crippen MR) is 72.6 cm³/mol. The molecule has 2 heterocycles. The first kappa shape index (κ1) is 14.3. The fourth-order valence-corrected chi connectivity index (χ4v) is 3.59. The molecular weight excluding hydrogens is 308 g/mol. The second kappa shape index (κ2) is 5.09. The summed E-state index contributed by atoms with van der Waals surface area (Å²) in [5.41, 5.74) is 0.206. The molecule has 20 heavy (non-hydrogen) atoms. The Bertz CT molecular complexity index is 748. The summed E-state index contributed by atoms with van der Waals surface area (Å²) in [6.07, 6.45) is 1.29. The van der Waals surface area contributed by atoms with Crippen LogP contribution in [0.2, 0.25) is 0 Å². The fourth-order valence-electron chi connectivity index (χ4n) is 1.37. The van der Waals surface area contributed by atoms with Gasteiger partial charge in [-0.25, -0.2) is 13.1 Å². The number of nitrogens with zero attached hydrogens (tertiary/aromatic N) is 2. The molecule has 0 aliphatic rings. The van der Waals surface area contributed by atoms with Crippen molar-refractivity contribution in [2.24, 2.45) is 0 Å². The maximum atomic E-state index is 12.1. The van der Waals surface area contributed by atoms with Gasteiger partial charge in [-0.2, -0.15) is 4.98 Å². The predicted octanol–water partition coefficient (Wildman–Crippen LogP) is 1.80. The average Bonchev–Trinajstić information content (AvgIpc) is 2.95. The van der Waals surface area contributed by atoms with Crippen molar-refractivity contribution in [2.45, 2.75) is 11.1 Å². The van der Waals surface area contributed by atoms with Gasteiger partial charge in [0.25, 0.3) is 10.0 Å². The van der Waals surface area contributed by atoms with E-state index in [0.717, 1.165) is 17.4 Å². The van der Waals surface area contributed by atoms with Crippen LogP contribution in [0.1, 0.15) is 5.69 Å². The number of aromatic nitrogens is 1. The molecule has 0 aliphatic carbocycles. The molecule has 0 fully saturated rings. The SMILES string of the molecule is CNc1sc(S(=O)(=O)Nc2nc(C)co2)cc1[N+](=O)[O-]. The van der Waals surface area contributed by atoms with E-state index in [0.29, 0.717) is 5.69 Å². The number of aryl methyl sites for hydroxylation is 1. The number of nitrogens with one attached hydrogen (secondary N) is 2. The molecule has 0 unspecified atom stereocenters. The van der Waals surface area contributed by atoms with Crippen molar-refractivity contribution in [3.63, 3.8) is 0 Å². The molecule has 2 aromatic rings. The van der Waals surface area contributed by atoms with Gasteiger partial charge in [-0.05, 0) is 6.92 Å². The average molecular weight is 318 g/mol. The Labute approximate surface area is 117 Å². The maximum Gasteiger partial charge on any atom is 0.309 e. The normalized spacial score (nSPS) is 11.3. The summed E-state index contributed by atoms with van der Waals surface area (Å²) in [4.78, 5) is 14.0. The number of anilines is 2. The van der Waals surface area contributed by atoms with Gasteiger partial charge < -0.3 is 9.73 Å². The van der Waals surface area contributed by atoms with E-state index in [9.17, 15) is 18.5 Å². The van der Waals surface area contributed by atoms with E-state index in [1.807, 2.05) is 0 Å². The highest BCUT2D eigenvalue weighted by molar-refractivity contribution is 7.94. The second-order valence-electron chi connectivity index (χ2n) is 3.69. The fraction of sp³-hybridized carbons (Fsp3) is 0.222. The summed E-state index contributed by atoms with van der Waals surface area (Å²) in [6, 6.07) is 0.791. The largest absolute Gasteiger partial charge is 0.431 e. The second-order valence-corrected chi connectivity index (χ2v) is 6.65. The molecule has 0 atom stereocenters. The summed E-state index contributed by atoms with van der Waals surface area (Å²) in [5.74, 6) is 0. The van der Waals surface area contributed by atoms with E-state index in [-0.39, 0.29) is 20.9 Å². The highest BCUT2D eigenvalue weighted by atomic mass is 32.2. The van der Waals surface area contributed by atoms with Gasteiger partial charge in [-0.3, -0.25) is 10.1 Å². The number of nitro groups is 1. The van der Waals surface area contributed by atoms with Gasteiger partial charge in [0.15, 0.2) is 5.00 Å². The van der Waals surface area contributed by atoms with Gasteiger partial charge in [-0.15, -0.1) is 0 Å². The standard InChI is InChI=1S/C9H10N4O5S2/c1-5-4-18-9(11-5)12-20(16,17)7-3-6(13(14)15)8(10-2)19-7/h3-4,10H,1-2H3,(H,11,12). The van der Waals surface area contributed by atoms with Crippen LogP contribution in [0.15, 0.2) is 21.0 Å². The lowest BCUT2D eigenvalue weighted by Gasteiger charge is -2.00. The van der Waals surface area contributed by atoms with Crippen LogP contribution in [-0.4, -0.2) is 25.4 Å². The van der Waals surface area contributed by atoms with E-state index in [2.05, 4.69) is 15.0 Å². The minimum atomic E-state index is -3.98. The van der Waals surface area contributed by atoms with Gasteiger partial charge in [0, 0.05) is 13.1 Å². The molecule has 0 aromatic carbocycles. The third-order valence-electron chi connectivity index (χ3n) is 2.22. The zero-order valence-corrected chi connectivity index (χ0v) is 12.0. The minimum absolute atomic E-state index is 0.152. The van der Waals surface area contributed by atoms with Gasteiger partial charge >= 0.3 is 11.7 Å². The van der Waals surface area contributed by atoms with Gasteiger partial charge in [-0.1, -0.05) is 11.3 Å². The van der Waals surface area contributed by atoms with Crippen LogP contribution in [0.4, 0.5) is 16.7 Å². The van der Waals surface area contributed by atoms with Crippen LogP contribution in [0, 0.1) is 17.0 Å². The lowest BCUT2D eigenvalue weighted by Crippen LogP contribution is -2.11. The van der Waals surface area contributed by atoms with E-state index in [4.69, 9.17) is 4.42 Å². The molecule has 0 amide bonds. The highest BCUT2D eigenvalue weighted by Crippen LogP contribution is 2.37. The Morgan fingerprint density at radius 3 is 2.65 bits per heavy atom. The first-order valence-electron chi connectivity index (χ1n) is 5.24. The Morgan fingerprint density at radius 1 is 1.50 bits per heavy atom. The molecule has 0 saturated carbocycles. The molecule has 0 saturated heterocycles. The van der Waals surface area contributed by atoms with Crippen molar-refractivity contribution in [2.75, 3.05) is 17.1 Å². The van der Waals surface area contributed by atoms with Crippen molar-refractivity contribution in [3.05, 3.63) is 28.1 Å². The zero-order valence-electron chi connectivity index (χ0n) is 10.4. The Balaban J connectivity index is 2.37. The molecule has 108 valence electrons. The first-order chi connectivity index (χ1) is 9.33. The summed E-state index contributed by atoms with van der Waals surface area (Å²) in [7, 11) is -2.51. The highest BCUT2D eigenvalue weighted by Gasteiger charge is 2.26. The van der Waals surface area contributed by atoms with Crippen LogP contribution in [0.5, 0.6) is 0 Å². The first-order valence-corrected chi connectivity index (χ1v) is 7.54. The van der Waals surface area contributed by atoms with Gasteiger partial charge in [0.2, 0.25) is 0 Å². The maximum absolute atomic E-state index is 12.1. The summed E-state index contributed by atoms with van der Waals surface area (Å²) in [6.45, 7) is 1.64. The minimum Gasteiger partial charge on any atom is -0.431 e. The van der Waals surface area contributed by atoms with Gasteiger partial charge in [0.1, 0.15) is 10.5 Å². The summed E-state index contributed by atoms with van der Waals surface area (Å²) in [5, 5.41) is 13.5. The van der Waals surface area contributed by atoms with Crippen LogP contribution >= 0.6 is 11.3 Å². The molecule has 0 radical (unpaired) electrons. The van der Waals surface area contributed by atoms with Crippen LogP contribution in [0.3, 0.4) is 0 Å². The molecule has 0 aliphatic heterocycles. The number of rotatable bonds is 5. The summed E-state index contributed by atoms with van der Waals surface area (Å²) >= 11 is 0.748. The monoisotopic (exact) mass is 318 g/mol. The summed E-state index contributed by atoms with van der Waals surface area (Å²) < 4.78 is 30.9. The molecule has 0 bridgehead atoms. The van der Waals surface area contributed by atoms with Crippen LogP contribution < -0.4 is 10.0 Å². The molecule has 2 N–H and O–H groups in total. The molecule has 11 heteroatoms.